The Bertz CT molecular complexity index is 1010. The third-order valence-electron chi connectivity index (χ3n) is 4.00. The maximum Gasteiger partial charge on any atom is 0.458 e. The van der Waals surface area contributed by atoms with Crippen LogP contribution in [0.2, 0.25) is 0 Å². The molecule has 0 radical (unpaired) electrons. The SMILES string of the molecule is Fc1cccc2c1-c1nc3cc(C(F)(F)C(F)(F)F)cnc3n1C2F. The molecule has 0 saturated carbocycles. The highest BCUT2D eigenvalue weighted by Crippen LogP contribution is 2.46. The summed E-state index contributed by atoms with van der Waals surface area (Å²) >= 11 is 0. The molecule has 1 aliphatic rings. The molecular formula is C15H6F7N3. The first kappa shape index (κ1) is 15.9. The summed E-state index contributed by atoms with van der Waals surface area (Å²) in [5, 5.41) is 0. The highest BCUT2D eigenvalue weighted by atomic mass is 19.4. The Balaban J connectivity index is 1.94. The van der Waals surface area contributed by atoms with Crippen LogP contribution in [0.25, 0.3) is 22.6 Å². The first-order chi connectivity index (χ1) is 11.6. The van der Waals surface area contributed by atoms with Crippen LogP contribution in [0.4, 0.5) is 30.7 Å². The van der Waals surface area contributed by atoms with Crippen molar-refractivity contribution in [1.82, 2.24) is 14.5 Å². The molecule has 3 heterocycles. The van der Waals surface area contributed by atoms with Gasteiger partial charge in [0.2, 0.25) is 6.30 Å². The Morgan fingerprint density at radius 1 is 1.08 bits per heavy atom. The Hall–Kier alpha value is -2.65. The molecule has 3 aromatic rings. The highest BCUT2D eigenvalue weighted by Gasteiger charge is 2.59. The van der Waals surface area contributed by atoms with Crippen molar-refractivity contribution in [3.05, 3.63) is 47.4 Å². The van der Waals surface area contributed by atoms with Gasteiger partial charge in [-0.1, -0.05) is 12.1 Å². The Kier molecular flexibility index (Phi) is 2.98. The van der Waals surface area contributed by atoms with Crippen LogP contribution >= 0.6 is 0 Å². The lowest BCUT2D eigenvalue weighted by Gasteiger charge is -2.19. The molecule has 25 heavy (non-hydrogen) atoms. The zero-order chi connectivity index (χ0) is 18.1. The van der Waals surface area contributed by atoms with E-state index in [1.165, 1.54) is 12.1 Å². The van der Waals surface area contributed by atoms with E-state index in [2.05, 4.69) is 9.97 Å². The van der Waals surface area contributed by atoms with E-state index < -0.39 is 29.8 Å². The summed E-state index contributed by atoms with van der Waals surface area (Å²) in [6, 6.07) is 4.17. The fraction of sp³-hybridized carbons (Fsp3) is 0.200. The second-order valence-corrected chi connectivity index (χ2v) is 5.48. The number of hydrogen-bond acceptors (Lipinski definition) is 2. The van der Waals surface area contributed by atoms with Gasteiger partial charge in [0, 0.05) is 11.8 Å². The Morgan fingerprint density at radius 2 is 1.80 bits per heavy atom. The number of benzene rings is 1. The van der Waals surface area contributed by atoms with Crippen molar-refractivity contribution < 1.29 is 30.7 Å². The number of pyridine rings is 1. The summed E-state index contributed by atoms with van der Waals surface area (Å²) in [6.45, 7) is 0. The summed E-state index contributed by atoms with van der Waals surface area (Å²) in [7, 11) is 0. The second-order valence-electron chi connectivity index (χ2n) is 5.48. The number of fused-ring (bicyclic) bond motifs is 5. The lowest BCUT2D eigenvalue weighted by Crippen LogP contribution is -2.33. The molecule has 0 saturated heterocycles. The van der Waals surface area contributed by atoms with E-state index in [9.17, 15) is 30.7 Å². The van der Waals surface area contributed by atoms with E-state index in [-0.39, 0.29) is 28.1 Å². The number of hydrogen-bond donors (Lipinski definition) is 0. The summed E-state index contributed by atoms with van der Waals surface area (Å²) in [5.41, 5.74) is -2.24. The van der Waals surface area contributed by atoms with E-state index >= 15 is 0 Å². The van der Waals surface area contributed by atoms with Gasteiger partial charge in [0.15, 0.2) is 5.65 Å². The molecule has 0 amide bonds. The standard InChI is InChI=1S/C15H6F7N3/c16-8-3-1-2-7-10(8)13-24-9-4-6(14(18,19)15(20,21)22)5-23-12(9)25(13)11(7)17/h1-5,11H. The number of aromatic nitrogens is 3. The van der Waals surface area contributed by atoms with E-state index in [0.717, 1.165) is 10.6 Å². The van der Waals surface area contributed by atoms with Crippen LogP contribution in [0.3, 0.4) is 0 Å². The fourth-order valence-corrected chi connectivity index (χ4v) is 2.82. The second kappa shape index (κ2) is 4.70. The quantitative estimate of drug-likeness (QED) is 0.587. The van der Waals surface area contributed by atoms with E-state index in [4.69, 9.17) is 0 Å². The zero-order valence-corrected chi connectivity index (χ0v) is 12.0. The summed E-state index contributed by atoms with van der Waals surface area (Å²) < 4.78 is 93.7. The van der Waals surface area contributed by atoms with Crippen LogP contribution in [-0.2, 0) is 5.92 Å². The van der Waals surface area contributed by atoms with E-state index in [1.54, 1.807) is 0 Å². The van der Waals surface area contributed by atoms with Gasteiger partial charge in [0.1, 0.15) is 17.2 Å². The van der Waals surface area contributed by atoms with Crippen LogP contribution in [-0.4, -0.2) is 20.7 Å². The summed E-state index contributed by atoms with van der Waals surface area (Å²) in [5.74, 6) is -6.13. The molecule has 1 unspecified atom stereocenters. The molecule has 130 valence electrons. The van der Waals surface area contributed by atoms with Crippen molar-refractivity contribution in [2.45, 2.75) is 18.4 Å². The molecule has 1 aromatic carbocycles. The third kappa shape index (κ3) is 1.99. The molecule has 1 atom stereocenters. The maximum absolute atomic E-state index is 14.6. The average molecular weight is 361 g/mol. The summed E-state index contributed by atoms with van der Waals surface area (Å²) in [6.07, 6.45) is -7.37. The van der Waals surface area contributed by atoms with Crippen LogP contribution < -0.4 is 0 Å². The van der Waals surface area contributed by atoms with E-state index in [1.807, 2.05) is 0 Å². The molecule has 3 nitrogen and oxygen atoms in total. The smallest absolute Gasteiger partial charge is 0.273 e. The van der Waals surface area contributed by atoms with Crippen LogP contribution in [0.5, 0.6) is 0 Å². The van der Waals surface area contributed by atoms with Gasteiger partial charge < -0.3 is 0 Å². The first-order valence-corrected chi connectivity index (χ1v) is 6.89. The molecule has 0 aliphatic carbocycles. The first-order valence-electron chi connectivity index (χ1n) is 6.89. The van der Waals surface area contributed by atoms with Crippen molar-refractivity contribution in [2.24, 2.45) is 0 Å². The lowest BCUT2D eigenvalue weighted by molar-refractivity contribution is -0.289. The minimum atomic E-state index is -5.81. The lowest BCUT2D eigenvalue weighted by atomic mass is 10.1. The van der Waals surface area contributed by atoms with Crippen LogP contribution in [0, 0.1) is 5.82 Å². The molecule has 1 aliphatic heterocycles. The van der Waals surface area contributed by atoms with Gasteiger partial charge in [-0.15, -0.1) is 0 Å². The highest BCUT2D eigenvalue weighted by molar-refractivity contribution is 5.82. The monoisotopic (exact) mass is 361 g/mol. The van der Waals surface area contributed by atoms with Crippen molar-refractivity contribution in [3.8, 4) is 11.4 Å². The number of halogens is 7. The normalized spacial score (nSPS) is 17.0. The largest absolute Gasteiger partial charge is 0.458 e. The van der Waals surface area contributed by atoms with Gasteiger partial charge in [0.05, 0.1) is 11.1 Å². The third-order valence-corrected chi connectivity index (χ3v) is 4.00. The molecule has 0 spiro atoms. The fourth-order valence-electron chi connectivity index (χ4n) is 2.82. The minimum absolute atomic E-state index is 0.0177. The molecule has 2 aromatic heterocycles. The topological polar surface area (TPSA) is 30.7 Å². The number of nitrogens with zero attached hydrogens (tertiary/aromatic N) is 3. The van der Waals surface area contributed by atoms with Crippen molar-refractivity contribution in [3.63, 3.8) is 0 Å². The predicted octanol–water partition coefficient (Wildman–Crippen LogP) is 4.72. The van der Waals surface area contributed by atoms with Gasteiger partial charge in [-0.25, -0.2) is 18.7 Å². The van der Waals surface area contributed by atoms with Crippen LogP contribution in [0.1, 0.15) is 17.4 Å². The van der Waals surface area contributed by atoms with Gasteiger partial charge in [-0.3, -0.25) is 4.57 Å². The van der Waals surface area contributed by atoms with Gasteiger partial charge in [0.25, 0.3) is 0 Å². The number of imidazole rings is 1. The molecular weight excluding hydrogens is 355 g/mol. The van der Waals surface area contributed by atoms with Gasteiger partial charge in [-0.05, 0) is 12.1 Å². The summed E-state index contributed by atoms with van der Waals surface area (Å²) in [4.78, 5) is 7.34. The minimum Gasteiger partial charge on any atom is -0.273 e. The zero-order valence-electron chi connectivity index (χ0n) is 12.0. The van der Waals surface area contributed by atoms with Crippen molar-refractivity contribution in [1.29, 1.82) is 0 Å². The average Bonchev–Trinajstić information content (AvgIpc) is 3.02. The molecule has 0 N–H and O–H groups in total. The van der Waals surface area contributed by atoms with Crippen LogP contribution in [0.15, 0.2) is 30.5 Å². The molecule has 10 heteroatoms. The predicted molar refractivity (Wildman–Crippen MR) is 72.1 cm³/mol. The number of rotatable bonds is 1. The van der Waals surface area contributed by atoms with Crippen molar-refractivity contribution >= 4 is 11.2 Å². The number of alkyl halides is 6. The Labute approximate surface area is 134 Å². The van der Waals surface area contributed by atoms with Crippen molar-refractivity contribution in [2.75, 3.05) is 0 Å². The van der Waals surface area contributed by atoms with Gasteiger partial charge >= 0.3 is 12.1 Å². The molecule has 4 rings (SSSR count). The van der Waals surface area contributed by atoms with Gasteiger partial charge in [-0.2, -0.15) is 22.0 Å². The molecule has 0 fully saturated rings. The van der Waals surface area contributed by atoms with E-state index in [0.29, 0.717) is 12.3 Å². The maximum atomic E-state index is 14.6. The molecule has 0 bridgehead atoms. The Morgan fingerprint density at radius 3 is 2.48 bits per heavy atom.